The normalized spacial score (nSPS) is 18.7. The minimum absolute atomic E-state index is 0.00479. The van der Waals surface area contributed by atoms with Gasteiger partial charge >= 0.3 is 18.0 Å². The number of carboxylic acids is 1. The molecular weight excluding hydrogens is 439 g/mol. The lowest BCUT2D eigenvalue weighted by atomic mass is 10.0. The van der Waals surface area contributed by atoms with Gasteiger partial charge in [-0.15, -0.1) is 0 Å². The first kappa shape index (κ1) is 21.7. The van der Waals surface area contributed by atoms with Gasteiger partial charge in [0.05, 0.1) is 16.6 Å². The third-order valence-corrected chi connectivity index (χ3v) is 6.35. The SMILES string of the molecule is C[C@@H]1Cc2nc(NC(=O)N[C@H](C)C(=O)O)sc2[C@H](C)N1c1nc(-c2ccc(F)cc2)no1. The summed E-state index contributed by atoms with van der Waals surface area (Å²) in [4.78, 5) is 34.9. The van der Waals surface area contributed by atoms with Gasteiger partial charge in [-0.2, -0.15) is 4.98 Å². The van der Waals surface area contributed by atoms with Crippen molar-refractivity contribution < 1.29 is 23.6 Å². The lowest BCUT2D eigenvalue weighted by Gasteiger charge is -2.36. The number of rotatable bonds is 5. The number of thiazole rings is 1. The van der Waals surface area contributed by atoms with Crippen LogP contribution in [0.3, 0.4) is 0 Å². The summed E-state index contributed by atoms with van der Waals surface area (Å²) in [6, 6.07) is 4.37. The number of carboxylic acid groups (broad SMARTS) is 1. The highest BCUT2D eigenvalue weighted by molar-refractivity contribution is 7.16. The number of nitrogens with one attached hydrogen (secondary N) is 2. The van der Waals surface area contributed by atoms with E-state index >= 15 is 0 Å². The van der Waals surface area contributed by atoms with Crippen LogP contribution < -0.4 is 15.5 Å². The van der Waals surface area contributed by atoms with Gasteiger partial charge in [0.25, 0.3) is 0 Å². The van der Waals surface area contributed by atoms with Gasteiger partial charge in [0, 0.05) is 18.0 Å². The molecule has 3 heterocycles. The van der Waals surface area contributed by atoms with Crippen LogP contribution in [-0.4, -0.2) is 44.3 Å². The largest absolute Gasteiger partial charge is 0.480 e. The smallest absolute Gasteiger partial charge is 0.325 e. The molecule has 0 saturated heterocycles. The van der Waals surface area contributed by atoms with Gasteiger partial charge < -0.3 is 19.8 Å². The second kappa shape index (κ2) is 8.54. The molecule has 2 amide bonds. The number of urea groups is 1. The number of carbonyl (C=O) groups is 2. The van der Waals surface area contributed by atoms with E-state index in [-0.39, 0.29) is 17.9 Å². The molecule has 12 heteroatoms. The highest BCUT2D eigenvalue weighted by atomic mass is 32.1. The molecule has 1 aliphatic heterocycles. The summed E-state index contributed by atoms with van der Waals surface area (Å²) in [5.41, 5.74) is 1.50. The molecule has 0 radical (unpaired) electrons. The van der Waals surface area contributed by atoms with Crippen molar-refractivity contribution in [1.82, 2.24) is 20.4 Å². The molecule has 3 aromatic rings. The van der Waals surface area contributed by atoms with Crippen LogP contribution in [0.25, 0.3) is 11.4 Å². The zero-order valence-corrected chi connectivity index (χ0v) is 18.3. The number of carbonyl (C=O) groups excluding carboxylic acids is 1. The first-order valence-corrected chi connectivity index (χ1v) is 10.7. The van der Waals surface area contributed by atoms with Crippen molar-refractivity contribution in [3.63, 3.8) is 0 Å². The summed E-state index contributed by atoms with van der Waals surface area (Å²) in [5, 5.41) is 18.3. The van der Waals surface area contributed by atoms with Gasteiger partial charge in [0.15, 0.2) is 5.13 Å². The molecular formula is C20H21FN6O4S. The van der Waals surface area contributed by atoms with Gasteiger partial charge in [-0.3, -0.25) is 10.1 Å². The van der Waals surface area contributed by atoms with E-state index in [1.807, 2.05) is 18.7 Å². The number of amides is 2. The third kappa shape index (κ3) is 4.26. The predicted molar refractivity (Wildman–Crippen MR) is 115 cm³/mol. The Labute approximate surface area is 186 Å². The zero-order valence-electron chi connectivity index (χ0n) is 17.5. The number of benzene rings is 1. The molecule has 0 spiro atoms. The quantitative estimate of drug-likeness (QED) is 0.527. The molecule has 168 valence electrons. The standard InChI is InChI=1S/C20H21FN6O4S/c1-9-8-14-15(32-19(23-14)25-18(30)22-10(2)17(28)29)11(3)27(9)20-24-16(26-31-20)12-4-6-13(21)7-5-12/h4-7,9-11H,8H2,1-3H3,(H,28,29)(H2,22,23,25,30)/t9-,10-,11+/m1/s1. The minimum Gasteiger partial charge on any atom is -0.480 e. The fraction of sp³-hybridized carbons (Fsp3) is 0.350. The topological polar surface area (TPSA) is 133 Å². The summed E-state index contributed by atoms with van der Waals surface area (Å²) in [6.07, 6.45) is 0.596. The molecule has 0 aliphatic carbocycles. The van der Waals surface area contributed by atoms with Crippen molar-refractivity contribution in [2.24, 2.45) is 0 Å². The maximum Gasteiger partial charge on any atom is 0.325 e. The molecule has 10 nitrogen and oxygen atoms in total. The predicted octanol–water partition coefficient (Wildman–Crippen LogP) is 3.44. The number of nitrogens with zero attached hydrogens (tertiary/aromatic N) is 4. The Kier molecular flexibility index (Phi) is 5.78. The van der Waals surface area contributed by atoms with E-state index in [0.717, 1.165) is 10.6 Å². The lowest BCUT2D eigenvalue weighted by Crippen LogP contribution is -2.41. The van der Waals surface area contributed by atoms with Crippen LogP contribution >= 0.6 is 11.3 Å². The average molecular weight is 460 g/mol. The number of aliphatic carboxylic acids is 1. The van der Waals surface area contributed by atoms with Crippen LogP contribution in [0.2, 0.25) is 0 Å². The second-order valence-corrected chi connectivity index (χ2v) is 8.56. The van der Waals surface area contributed by atoms with Gasteiger partial charge in [-0.1, -0.05) is 16.5 Å². The molecule has 0 saturated carbocycles. The summed E-state index contributed by atoms with van der Waals surface area (Å²) in [5.74, 6) is -1.11. The van der Waals surface area contributed by atoms with Gasteiger partial charge in [-0.25, -0.2) is 14.2 Å². The molecule has 4 rings (SSSR count). The maximum absolute atomic E-state index is 13.2. The van der Waals surface area contributed by atoms with E-state index in [4.69, 9.17) is 9.63 Å². The highest BCUT2D eigenvalue weighted by Gasteiger charge is 2.35. The Balaban J connectivity index is 1.52. The zero-order chi connectivity index (χ0) is 23.0. The van der Waals surface area contributed by atoms with E-state index in [1.165, 1.54) is 30.4 Å². The van der Waals surface area contributed by atoms with Crippen molar-refractivity contribution in [2.45, 2.75) is 45.3 Å². The summed E-state index contributed by atoms with van der Waals surface area (Å²) in [6.45, 7) is 5.36. The molecule has 0 unspecified atom stereocenters. The van der Waals surface area contributed by atoms with Crippen LogP contribution in [-0.2, 0) is 11.2 Å². The molecule has 0 fully saturated rings. The van der Waals surface area contributed by atoms with Crippen molar-refractivity contribution in [3.8, 4) is 11.4 Å². The molecule has 1 aromatic carbocycles. The van der Waals surface area contributed by atoms with Crippen molar-refractivity contribution >= 4 is 34.5 Å². The van der Waals surface area contributed by atoms with Crippen LogP contribution in [0.5, 0.6) is 0 Å². The summed E-state index contributed by atoms with van der Waals surface area (Å²) < 4.78 is 18.7. The molecule has 2 aromatic heterocycles. The van der Waals surface area contributed by atoms with Gasteiger partial charge in [0.1, 0.15) is 11.9 Å². The number of fused-ring (bicyclic) bond motifs is 1. The summed E-state index contributed by atoms with van der Waals surface area (Å²) >= 11 is 1.31. The van der Waals surface area contributed by atoms with Crippen LogP contribution in [0.1, 0.15) is 37.4 Å². The Morgan fingerprint density at radius 2 is 2.00 bits per heavy atom. The number of hydrogen-bond donors (Lipinski definition) is 3. The monoisotopic (exact) mass is 460 g/mol. The Morgan fingerprint density at radius 3 is 2.69 bits per heavy atom. The fourth-order valence-corrected chi connectivity index (χ4v) is 4.60. The highest BCUT2D eigenvalue weighted by Crippen LogP contribution is 2.40. The molecule has 3 atom stereocenters. The lowest BCUT2D eigenvalue weighted by molar-refractivity contribution is -0.138. The number of hydrogen-bond acceptors (Lipinski definition) is 8. The van der Waals surface area contributed by atoms with E-state index < -0.39 is 18.0 Å². The third-order valence-electron chi connectivity index (χ3n) is 5.16. The van der Waals surface area contributed by atoms with Crippen molar-refractivity contribution in [1.29, 1.82) is 0 Å². The van der Waals surface area contributed by atoms with Crippen LogP contribution in [0.15, 0.2) is 28.8 Å². The number of halogens is 1. The first-order chi connectivity index (χ1) is 15.2. The summed E-state index contributed by atoms with van der Waals surface area (Å²) in [7, 11) is 0. The van der Waals surface area contributed by atoms with Gasteiger partial charge in [0.2, 0.25) is 5.82 Å². The first-order valence-electron chi connectivity index (χ1n) is 9.91. The van der Waals surface area contributed by atoms with Crippen molar-refractivity contribution in [2.75, 3.05) is 10.2 Å². The van der Waals surface area contributed by atoms with Crippen LogP contribution in [0, 0.1) is 5.82 Å². The van der Waals surface area contributed by atoms with E-state index in [2.05, 4.69) is 25.8 Å². The Morgan fingerprint density at radius 1 is 1.28 bits per heavy atom. The minimum atomic E-state index is -1.13. The molecule has 0 bridgehead atoms. The van der Waals surface area contributed by atoms with E-state index in [0.29, 0.717) is 29.0 Å². The Bertz CT molecular complexity index is 1150. The molecule has 32 heavy (non-hydrogen) atoms. The maximum atomic E-state index is 13.2. The number of aromatic nitrogens is 3. The van der Waals surface area contributed by atoms with Crippen LogP contribution in [0.4, 0.5) is 20.3 Å². The average Bonchev–Trinajstić information content (AvgIpc) is 3.35. The fourth-order valence-electron chi connectivity index (χ4n) is 3.56. The molecule has 1 aliphatic rings. The Hall–Kier alpha value is -3.54. The second-order valence-electron chi connectivity index (χ2n) is 7.53. The van der Waals surface area contributed by atoms with Crippen molar-refractivity contribution in [3.05, 3.63) is 40.7 Å². The van der Waals surface area contributed by atoms with Gasteiger partial charge in [-0.05, 0) is 45.0 Å². The van der Waals surface area contributed by atoms with E-state index in [9.17, 15) is 14.0 Å². The van der Waals surface area contributed by atoms with E-state index in [1.54, 1.807) is 12.1 Å². The number of anilines is 2. The molecule has 3 N–H and O–H groups in total.